The predicted molar refractivity (Wildman–Crippen MR) is 73.7 cm³/mol. The Morgan fingerprint density at radius 3 is 2.94 bits per heavy atom. The molecule has 0 fully saturated rings. The van der Waals surface area contributed by atoms with Crippen LogP contribution >= 0.6 is 11.8 Å². The molecule has 1 unspecified atom stereocenters. The maximum atomic E-state index is 12.0. The van der Waals surface area contributed by atoms with Crippen molar-refractivity contribution >= 4 is 17.7 Å². The summed E-state index contributed by atoms with van der Waals surface area (Å²) in [5, 5.41) is 11.7. The highest BCUT2D eigenvalue weighted by Gasteiger charge is 2.27. The molecule has 1 aromatic rings. The molecular weight excluding hydrogens is 246 g/mol. The smallest absolute Gasteiger partial charge is 0.233 e. The first-order valence-corrected chi connectivity index (χ1v) is 7.32. The third-order valence-corrected chi connectivity index (χ3v) is 4.39. The van der Waals surface area contributed by atoms with Crippen molar-refractivity contribution in [2.24, 2.45) is 0 Å². The second-order valence-electron chi connectivity index (χ2n) is 4.49. The number of thioether (sulfide) groups is 1. The van der Waals surface area contributed by atoms with E-state index in [1.807, 2.05) is 12.1 Å². The van der Waals surface area contributed by atoms with Crippen LogP contribution in [0.5, 0.6) is 0 Å². The van der Waals surface area contributed by atoms with Gasteiger partial charge < -0.3 is 10.4 Å². The van der Waals surface area contributed by atoms with Crippen LogP contribution in [0.3, 0.4) is 0 Å². The number of aliphatic hydroxyl groups is 1. The van der Waals surface area contributed by atoms with Gasteiger partial charge in [-0.2, -0.15) is 0 Å². The van der Waals surface area contributed by atoms with Gasteiger partial charge in [-0.15, -0.1) is 11.8 Å². The normalized spacial score (nSPS) is 17.5. The molecule has 3 nitrogen and oxygen atoms in total. The van der Waals surface area contributed by atoms with Crippen LogP contribution in [-0.2, 0) is 11.2 Å². The Morgan fingerprint density at radius 2 is 2.17 bits per heavy atom. The lowest BCUT2D eigenvalue weighted by molar-refractivity contribution is -0.120. The molecule has 1 aliphatic heterocycles. The zero-order valence-corrected chi connectivity index (χ0v) is 11.2. The van der Waals surface area contributed by atoms with Crippen molar-refractivity contribution in [1.29, 1.82) is 0 Å². The van der Waals surface area contributed by atoms with Crippen LogP contribution in [0.2, 0.25) is 0 Å². The van der Waals surface area contributed by atoms with Crippen molar-refractivity contribution < 1.29 is 9.90 Å². The molecule has 98 valence electrons. The molecule has 1 heterocycles. The monoisotopic (exact) mass is 265 g/mol. The number of carbonyl (C=O) groups excluding carboxylic acids is 1. The molecule has 4 heteroatoms. The van der Waals surface area contributed by atoms with E-state index in [9.17, 15) is 4.79 Å². The number of nitrogens with one attached hydrogen (secondary N) is 1. The van der Waals surface area contributed by atoms with Crippen LogP contribution in [0.25, 0.3) is 0 Å². The Hall–Kier alpha value is -1.00. The van der Waals surface area contributed by atoms with Gasteiger partial charge in [0.15, 0.2) is 0 Å². The molecule has 1 aliphatic rings. The number of unbranched alkanes of at least 4 members (excludes halogenated alkanes) is 2. The van der Waals surface area contributed by atoms with Crippen molar-refractivity contribution in [2.45, 2.75) is 35.8 Å². The lowest BCUT2D eigenvalue weighted by Gasteiger charge is -2.09. The summed E-state index contributed by atoms with van der Waals surface area (Å²) in [4.78, 5) is 13.2. The summed E-state index contributed by atoms with van der Waals surface area (Å²) in [6, 6.07) is 8.21. The first-order chi connectivity index (χ1) is 8.81. The highest BCUT2D eigenvalue weighted by Crippen LogP contribution is 2.36. The maximum Gasteiger partial charge on any atom is 0.233 e. The van der Waals surface area contributed by atoms with Crippen molar-refractivity contribution in [3.8, 4) is 0 Å². The summed E-state index contributed by atoms with van der Waals surface area (Å²) < 4.78 is 0. The summed E-state index contributed by atoms with van der Waals surface area (Å²) in [6.07, 6.45) is 3.56. The van der Waals surface area contributed by atoms with E-state index in [2.05, 4.69) is 17.4 Å². The van der Waals surface area contributed by atoms with Crippen LogP contribution in [0, 0.1) is 0 Å². The molecule has 0 radical (unpaired) electrons. The van der Waals surface area contributed by atoms with E-state index in [1.54, 1.807) is 11.8 Å². The summed E-state index contributed by atoms with van der Waals surface area (Å²) in [5.74, 6) is 0.139. The summed E-state index contributed by atoms with van der Waals surface area (Å²) >= 11 is 1.66. The topological polar surface area (TPSA) is 49.3 Å². The van der Waals surface area contributed by atoms with Crippen molar-refractivity contribution in [1.82, 2.24) is 5.32 Å². The van der Waals surface area contributed by atoms with Crippen LogP contribution in [0.1, 0.15) is 24.8 Å². The fourth-order valence-corrected chi connectivity index (χ4v) is 3.29. The number of amides is 1. The van der Waals surface area contributed by atoms with Gasteiger partial charge in [0.1, 0.15) is 0 Å². The molecule has 0 aliphatic carbocycles. The number of carbonyl (C=O) groups is 1. The van der Waals surface area contributed by atoms with E-state index >= 15 is 0 Å². The van der Waals surface area contributed by atoms with E-state index in [1.165, 1.54) is 10.5 Å². The van der Waals surface area contributed by atoms with Gasteiger partial charge in [-0.25, -0.2) is 0 Å². The molecule has 18 heavy (non-hydrogen) atoms. The number of hydrogen-bond acceptors (Lipinski definition) is 3. The Kier molecular flexibility index (Phi) is 5.08. The average molecular weight is 265 g/mol. The highest BCUT2D eigenvalue weighted by atomic mass is 32.2. The number of fused-ring (bicyclic) bond motifs is 1. The fourth-order valence-electron chi connectivity index (χ4n) is 2.07. The van der Waals surface area contributed by atoms with Crippen LogP contribution in [-0.4, -0.2) is 29.4 Å². The second-order valence-corrected chi connectivity index (χ2v) is 5.74. The quantitative estimate of drug-likeness (QED) is 0.773. The lowest BCUT2D eigenvalue weighted by Crippen LogP contribution is -2.33. The average Bonchev–Trinajstić information content (AvgIpc) is 2.82. The lowest BCUT2D eigenvalue weighted by atomic mass is 10.1. The predicted octanol–water partition coefficient (Wildman–Crippen LogP) is 1.98. The Labute approximate surface area is 112 Å². The molecular formula is C14H19NO2S. The Morgan fingerprint density at radius 1 is 1.33 bits per heavy atom. The second kappa shape index (κ2) is 6.81. The zero-order valence-electron chi connectivity index (χ0n) is 10.4. The van der Waals surface area contributed by atoms with Gasteiger partial charge in [0.2, 0.25) is 5.91 Å². The van der Waals surface area contributed by atoms with Crippen molar-refractivity contribution in [2.75, 3.05) is 13.2 Å². The zero-order chi connectivity index (χ0) is 12.8. The van der Waals surface area contributed by atoms with E-state index in [0.29, 0.717) is 6.54 Å². The minimum Gasteiger partial charge on any atom is -0.396 e. The van der Waals surface area contributed by atoms with Crippen LogP contribution in [0.4, 0.5) is 0 Å². The van der Waals surface area contributed by atoms with Gasteiger partial charge in [0, 0.05) is 18.0 Å². The van der Waals surface area contributed by atoms with Crippen LogP contribution < -0.4 is 5.32 Å². The van der Waals surface area contributed by atoms with Gasteiger partial charge in [0.05, 0.1) is 5.25 Å². The summed E-state index contributed by atoms with van der Waals surface area (Å²) in [5.41, 5.74) is 1.28. The Balaban J connectivity index is 1.72. The van der Waals surface area contributed by atoms with Gasteiger partial charge in [0.25, 0.3) is 0 Å². The van der Waals surface area contributed by atoms with E-state index < -0.39 is 0 Å². The SMILES string of the molecule is O=C(NCCCCCO)C1Cc2ccccc2S1. The van der Waals surface area contributed by atoms with Gasteiger partial charge in [-0.05, 0) is 37.3 Å². The van der Waals surface area contributed by atoms with Gasteiger partial charge in [-0.3, -0.25) is 4.79 Å². The number of benzene rings is 1. The first kappa shape index (κ1) is 13.4. The van der Waals surface area contributed by atoms with Crippen molar-refractivity contribution in [3.05, 3.63) is 29.8 Å². The summed E-state index contributed by atoms with van der Waals surface area (Å²) in [7, 11) is 0. The molecule has 1 atom stereocenters. The number of hydrogen-bond donors (Lipinski definition) is 2. The fraction of sp³-hybridized carbons (Fsp3) is 0.500. The summed E-state index contributed by atoms with van der Waals surface area (Å²) in [6.45, 7) is 0.952. The maximum absolute atomic E-state index is 12.0. The molecule has 1 amide bonds. The largest absolute Gasteiger partial charge is 0.396 e. The number of rotatable bonds is 6. The molecule has 0 spiro atoms. The van der Waals surface area contributed by atoms with E-state index in [0.717, 1.165) is 25.7 Å². The van der Waals surface area contributed by atoms with E-state index in [4.69, 9.17) is 5.11 Å². The Bertz CT molecular complexity index is 384. The molecule has 0 saturated heterocycles. The van der Waals surface area contributed by atoms with Gasteiger partial charge in [-0.1, -0.05) is 18.2 Å². The third kappa shape index (κ3) is 3.50. The minimum absolute atomic E-state index is 0.0280. The molecule has 0 saturated carbocycles. The molecule has 1 aromatic carbocycles. The first-order valence-electron chi connectivity index (χ1n) is 6.44. The van der Waals surface area contributed by atoms with E-state index in [-0.39, 0.29) is 17.8 Å². The number of aliphatic hydroxyl groups excluding tert-OH is 1. The van der Waals surface area contributed by atoms with Crippen LogP contribution in [0.15, 0.2) is 29.2 Å². The highest BCUT2D eigenvalue weighted by molar-refractivity contribution is 8.01. The van der Waals surface area contributed by atoms with Crippen molar-refractivity contribution in [3.63, 3.8) is 0 Å². The third-order valence-electron chi connectivity index (χ3n) is 3.07. The molecule has 0 bridgehead atoms. The minimum atomic E-state index is 0.0280. The van der Waals surface area contributed by atoms with Gasteiger partial charge >= 0.3 is 0 Å². The molecule has 2 N–H and O–H groups in total. The molecule has 2 rings (SSSR count). The molecule has 0 aromatic heterocycles. The standard InChI is InChI=1S/C14H19NO2S/c16-9-5-1-4-8-15-14(17)13-10-11-6-2-3-7-12(11)18-13/h2-3,6-7,13,16H,1,4-5,8-10H2,(H,15,17).